The molecule has 0 N–H and O–H groups in total. The maximum Gasteiger partial charge on any atom is 0.333 e. The zero-order valence-corrected chi connectivity index (χ0v) is 11.1. The number of hydrogen-bond donors (Lipinski definition) is 0. The fourth-order valence-corrected chi connectivity index (χ4v) is 1.85. The van der Waals surface area contributed by atoms with Gasteiger partial charge in [0, 0.05) is 13.2 Å². The number of carbonyl (C=O) groups is 2. The smallest absolute Gasteiger partial charge is 0.313 e. The van der Waals surface area contributed by atoms with E-state index < -0.39 is 5.54 Å². The van der Waals surface area contributed by atoms with Gasteiger partial charge in [-0.2, -0.15) is 0 Å². The summed E-state index contributed by atoms with van der Waals surface area (Å²) in [5.74, 6) is 0.145. The minimum absolute atomic E-state index is 0.244. The van der Waals surface area contributed by atoms with E-state index in [0.29, 0.717) is 5.82 Å². The Balaban J connectivity index is 2.39. The summed E-state index contributed by atoms with van der Waals surface area (Å²) in [6, 6.07) is 3.26. The summed E-state index contributed by atoms with van der Waals surface area (Å²) in [4.78, 5) is 31.1. The molecular weight excluding hydrogens is 230 g/mol. The highest BCUT2D eigenvalue weighted by Gasteiger charge is 2.50. The van der Waals surface area contributed by atoms with Gasteiger partial charge in [0.25, 0.3) is 5.91 Å². The van der Waals surface area contributed by atoms with E-state index in [-0.39, 0.29) is 11.9 Å². The Morgan fingerprint density at radius 3 is 2.33 bits per heavy atom. The molecule has 1 fully saturated rings. The molecule has 96 valence electrons. The molecule has 0 bridgehead atoms. The number of imide groups is 1. The fraction of sp³-hybridized carbons (Fsp3) is 0.462. The molecule has 2 rings (SSSR count). The van der Waals surface area contributed by atoms with E-state index in [1.807, 2.05) is 13.0 Å². The first-order valence-electron chi connectivity index (χ1n) is 5.97. The van der Waals surface area contributed by atoms with Crippen molar-refractivity contribution in [3.05, 3.63) is 23.9 Å². The molecule has 0 aliphatic carbocycles. The highest BCUT2D eigenvalue weighted by molar-refractivity contribution is 6.22. The van der Waals surface area contributed by atoms with Crippen LogP contribution < -0.4 is 4.90 Å². The second-order valence-electron chi connectivity index (χ2n) is 4.92. The number of carbonyl (C=O) groups excluding carboxylic acids is 2. The molecule has 1 saturated heterocycles. The lowest BCUT2D eigenvalue weighted by atomic mass is 10.1. The summed E-state index contributed by atoms with van der Waals surface area (Å²) < 4.78 is 0. The molecule has 1 aliphatic rings. The lowest BCUT2D eigenvalue weighted by Crippen LogP contribution is -2.41. The van der Waals surface area contributed by atoms with Crippen molar-refractivity contribution in [2.45, 2.75) is 32.7 Å². The molecule has 0 spiro atoms. The average molecular weight is 247 g/mol. The maximum atomic E-state index is 12.2. The number of hydrogen-bond acceptors (Lipinski definition) is 3. The highest BCUT2D eigenvalue weighted by Crippen LogP contribution is 2.29. The number of amides is 3. The number of nitrogens with zero attached hydrogens (tertiary/aromatic N) is 3. The number of pyridine rings is 1. The van der Waals surface area contributed by atoms with Crippen LogP contribution >= 0.6 is 0 Å². The fourth-order valence-electron chi connectivity index (χ4n) is 1.85. The molecule has 0 atom stereocenters. The summed E-state index contributed by atoms with van der Waals surface area (Å²) in [5, 5.41) is 0. The minimum Gasteiger partial charge on any atom is -0.313 e. The molecule has 2 heterocycles. The quantitative estimate of drug-likeness (QED) is 0.749. The summed E-state index contributed by atoms with van der Waals surface area (Å²) in [6.07, 6.45) is 2.57. The van der Waals surface area contributed by atoms with E-state index in [2.05, 4.69) is 4.98 Å². The molecule has 1 aliphatic heterocycles. The second kappa shape index (κ2) is 4.08. The van der Waals surface area contributed by atoms with Crippen LogP contribution in [0.1, 0.15) is 26.3 Å². The van der Waals surface area contributed by atoms with Crippen molar-refractivity contribution in [1.82, 2.24) is 9.88 Å². The normalized spacial score (nSPS) is 18.7. The zero-order chi connectivity index (χ0) is 13.5. The predicted molar refractivity (Wildman–Crippen MR) is 68.3 cm³/mol. The third kappa shape index (κ3) is 1.66. The SMILES string of the molecule is CCc1ccc(N2C(=O)N(C)C(C)(C)C2=O)nc1. The minimum atomic E-state index is -0.817. The third-order valence-corrected chi connectivity index (χ3v) is 3.49. The van der Waals surface area contributed by atoms with Crippen molar-refractivity contribution in [2.75, 3.05) is 11.9 Å². The van der Waals surface area contributed by atoms with Crippen molar-refractivity contribution in [2.24, 2.45) is 0 Å². The average Bonchev–Trinajstić information content (AvgIpc) is 2.51. The van der Waals surface area contributed by atoms with Gasteiger partial charge in [0.15, 0.2) is 0 Å². The van der Waals surface area contributed by atoms with Gasteiger partial charge in [0.05, 0.1) is 0 Å². The molecular formula is C13H17N3O2. The zero-order valence-electron chi connectivity index (χ0n) is 11.1. The molecule has 0 saturated carbocycles. The van der Waals surface area contributed by atoms with Crippen LogP contribution in [0.3, 0.4) is 0 Å². The molecule has 5 heteroatoms. The largest absolute Gasteiger partial charge is 0.333 e. The number of rotatable bonds is 2. The lowest BCUT2D eigenvalue weighted by Gasteiger charge is -2.22. The second-order valence-corrected chi connectivity index (χ2v) is 4.92. The molecule has 3 amide bonds. The van der Waals surface area contributed by atoms with E-state index in [4.69, 9.17) is 0 Å². The van der Waals surface area contributed by atoms with Crippen LogP contribution in [0.2, 0.25) is 0 Å². The Morgan fingerprint density at radius 2 is 1.94 bits per heavy atom. The molecule has 0 unspecified atom stereocenters. The van der Waals surface area contributed by atoms with Crippen molar-refractivity contribution in [1.29, 1.82) is 0 Å². The first-order valence-corrected chi connectivity index (χ1v) is 5.97. The van der Waals surface area contributed by atoms with Gasteiger partial charge in [-0.15, -0.1) is 0 Å². The first-order chi connectivity index (χ1) is 8.39. The van der Waals surface area contributed by atoms with Gasteiger partial charge >= 0.3 is 6.03 Å². The van der Waals surface area contributed by atoms with E-state index >= 15 is 0 Å². The number of aryl methyl sites for hydroxylation is 1. The van der Waals surface area contributed by atoms with Crippen LogP contribution in [0, 0.1) is 0 Å². The molecule has 1 aromatic heterocycles. The molecule has 1 aromatic rings. The van der Waals surface area contributed by atoms with Crippen molar-refractivity contribution < 1.29 is 9.59 Å². The van der Waals surface area contributed by atoms with Gasteiger partial charge in [-0.1, -0.05) is 13.0 Å². The van der Waals surface area contributed by atoms with Crippen LogP contribution in [0.4, 0.5) is 10.6 Å². The van der Waals surface area contributed by atoms with Crippen molar-refractivity contribution in [3.8, 4) is 0 Å². The van der Waals surface area contributed by atoms with Gasteiger partial charge in [-0.3, -0.25) is 4.79 Å². The van der Waals surface area contributed by atoms with Crippen LogP contribution in [-0.4, -0.2) is 34.4 Å². The third-order valence-electron chi connectivity index (χ3n) is 3.49. The predicted octanol–water partition coefficient (Wildman–Crippen LogP) is 1.82. The van der Waals surface area contributed by atoms with E-state index in [9.17, 15) is 9.59 Å². The van der Waals surface area contributed by atoms with Gasteiger partial charge < -0.3 is 4.90 Å². The van der Waals surface area contributed by atoms with Gasteiger partial charge in [0.2, 0.25) is 0 Å². The Hall–Kier alpha value is -1.91. The summed E-state index contributed by atoms with van der Waals surface area (Å²) >= 11 is 0. The van der Waals surface area contributed by atoms with Crippen molar-refractivity contribution >= 4 is 17.8 Å². The number of anilines is 1. The standard InChI is InChI=1S/C13H17N3O2/c1-5-9-6-7-10(14-8-9)16-11(17)13(2,3)15(4)12(16)18/h6-8H,5H2,1-4H3. The lowest BCUT2D eigenvalue weighted by molar-refractivity contribution is -0.123. The molecule has 0 aromatic carbocycles. The van der Waals surface area contributed by atoms with Gasteiger partial charge in [-0.05, 0) is 31.9 Å². The number of likely N-dealkylation sites (N-methyl/N-ethyl adjacent to an activating group) is 1. The van der Waals surface area contributed by atoms with E-state index in [1.54, 1.807) is 33.2 Å². The Bertz CT molecular complexity index is 493. The molecule has 5 nitrogen and oxygen atoms in total. The molecule has 18 heavy (non-hydrogen) atoms. The maximum absolute atomic E-state index is 12.2. The van der Waals surface area contributed by atoms with Crippen LogP contribution in [-0.2, 0) is 11.2 Å². The molecule has 0 radical (unpaired) electrons. The van der Waals surface area contributed by atoms with Gasteiger partial charge in [-0.25, -0.2) is 14.7 Å². The Labute approximate surface area is 106 Å². The first kappa shape index (κ1) is 12.5. The van der Waals surface area contributed by atoms with Gasteiger partial charge in [0.1, 0.15) is 11.4 Å². The number of urea groups is 1. The van der Waals surface area contributed by atoms with Crippen LogP contribution in [0.15, 0.2) is 18.3 Å². The van der Waals surface area contributed by atoms with Crippen LogP contribution in [0.25, 0.3) is 0 Å². The van der Waals surface area contributed by atoms with E-state index in [1.165, 1.54) is 4.90 Å². The number of aromatic nitrogens is 1. The topological polar surface area (TPSA) is 53.5 Å². The monoisotopic (exact) mass is 247 g/mol. The van der Waals surface area contributed by atoms with Crippen LogP contribution in [0.5, 0.6) is 0 Å². The highest BCUT2D eigenvalue weighted by atomic mass is 16.2. The summed E-state index contributed by atoms with van der Waals surface area (Å²) in [7, 11) is 1.63. The summed E-state index contributed by atoms with van der Waals surface area (Å²) in [5.41, 5.74) is 0.257. The van der Waals surface area contributed by atoms with E-state index in [0.717, 1.165) is 16.9 Å². The Morgan fingerprint density at radius 1 is 1.28 bits per heavy atom. The Kier molecular flexibility index (Phi) is 2.84. The van der Waals surface area contributed by atoms with Crippen molar-refractivity contribution in [3.63, 3.8) is 0 Å². The summed E-state index contributed by atoms with van der Waals surface area (Å²) in [6.45, 7) is 5.49.